The predicted molar refractivity (Wildman–Crippen MR) is 334 cm³/mol. The molecule has 0 aromatic rings. The van der Waals surface area contributed by atoms with Crippen LogP contribution in [0.4, 0.5) is 0 Å². The van der Waals surface area contributed by atoms with Gasteiger partial charge >= 0.3 is 17.9 Å². The number of carbonyl (C=O) groups is 3. The van der Waals surface area contributed by atoms with Crippen molar-refractivity contribution in [2.45, 2.75) is 322 Å². The molecule has 0 bridgehead atoms. The summed E-state index contributed by atoms with van der Waals surface area (Å²) in [7, 11) is 0. The van der Waals surface area contributed by atoms with Gasteiger partial charge in [0, 0.05) is 19.3 Å². The van der Waals surface area contributed by atoms with Crippen molar-refractivity contribution in [1.82, 2.24) is 0 Å². The Morgan fingerprint density at radius 1 is 0.273 bits per heavy atom. The van der Waals surface area contributed by atoms with E-state index in [0.717, 1.165) is 109 Å². The van der Waals surface area contributed by atoms with E-state index in [0.29, 0.717) is 19.3 Å². The van der Waals surface area contributed by atoms with E-state index in [9.17, 15) is 14.4 Å². The molecule has 1 atom stereocenters. The van der Waals surface area contributed by atoms with Gasteiger partial charge in [-0.25, -0.2) is 0 Å². The highest BCUT2D eigenvalue weighted by Crippen LogP contribution is 2.16. The Morgan fingerprint density at radius 2 is 0.506 bits per heavy atom. The molecule has 1 unspecified atom stereocenters. The monoisotopic (exact) mass is 1070 g/mol. The van der Waals surface area contributed by atoms with Crippen molar-refractivity contribution in [2.75, 3.05) is 13.2 Å². The molecule has 442 valence electrons. The topological polar surface area (TPSA) is 78.9 Å². The van der Waals surface area contributed by atoms with E-state index in [4.69, 9.17) is 14.2 Å². The number of hydrogen-bond acceptors (Lipinski definition) is 6. The molecule has 0 aliphatic rings. The Balaban J connectivity index is 4.26. The Morgan fingerprint density at radius 3 is 0.805 bits per heavy atom. The molecule has 0 radical (unpaired) electrons. The van der Waals surface area contributed by atoms with Crippen LogP contribution in [0.25, 0.3) is 0 Å². The van der Waals surface area contributed by atoms with Gasteiger partial charge in [0.1, 0.15) is 13.2 Å². The molecule has 0 heterocycles. The van der Waals surface area contributed by atoms with E-state index < -0.39 is 6.10 Å². The van der Waals surface area contributed by atoms with Crippen molar-refractivity contribution in [2.24, 2.45) is 0 Å². The number of carbonyl (C=O) groups excluding carboxylic acids is 3. The predicted octanol–water partition coefficient (Wildman–Crippen LogP) is 22.4. The highest BCUT2D eigenvalue weighted by atomic mass is 16.6. The number of ether oxygens (including phenoxy) is 3. The molecule has 6 nitrogen and oxygen atoms in total. The van der Waals surface area contributed by atoms with Crippen LogP contribution in [0, 0.1) is 0 Å². The molecule has 0 rings (SSSR count). The van der Waals surface area contributed by atoms with Crippen LogP contribution in [0.2, 0.25) is 0 Å². The minimum absolute atomic E-state index is 0.0885. The number of allylic oxidation sites excluding steroid dienone is 16. The third kappa shape index (κ3) is 63.0. The van der Waals surface area contributed by atoms with Crippen molar-refractivity contribution < 1.29 is 28.6 Å². The summed E-state index contributed by atoms with van der Waals surface area (Å²) in [5.41, 5.74) is 0. The zero-order valence-electron chi connectivity index (χ0n) is 50.7. The van der Waals surface area contributed by atoms with Gasteiger partial charge in [-0.3, -0.25) is 14.4 Å². The van der Waals surface area contributed by atoms with E-state index in [1.807, 2.05) is 0 Å². The smallest absolute Gasteiger partial charge is 0.306 e. The first kappa shape index (κ1) is 73.3. The molecule has 0 aliphatic heterocycles. The molecular weight excluding hydrogens is 949 g/mol. The van der Waals surface area contributed by atoms with Crippen LogP contribution in [0.15, 0.2) is 97.2 Å². The van der Waals surface area contributed by atoms with E-state index in [-0.39, 0.29) is 31.1 Å². The Hall–Kier alpha value is -3.67. The third-order valence-corrected chi connectivity index (χ3v) is 14.1. The maximum absolute atomic E-state index is 12.9. The van der Waals surface area contributed by atoms with Crippen LogP contribution in [-0.2, 0) is 28.6 Å². The van der Waals surface area contributed by atoms with Gasteiger partial charge in [-0.15, -0.1) is 0 Å². The zero-order chi connectivity index (χ0) is 55.7. The summed E-state index contributed by atoms with van der Waals surface area (Å²) in [4.78, 5) is 38.2. The van der Waals surface area contributed by atoms with E-state index in [1.165, 1.54) is 167 Å². The van der Waals surface area contributed by atoms with Crippen LogP contribution in [0.3, 0.4) is 0 Å². The first-order valence-electron chi connectivity index (χ1n) is 32.7. The SMILES string of the molecule is CC/C=C\C/C=C\C/C=C\C/C=C\C/C=C\CCCCCC(=O)OC(COC(=O)CCCCCCCCCCCCC)COC(=O)CCCCCCCCCCCCCCCC/C=C\C/C=C\C/C=C\CCCCCCC. The first-order valence-corrected chi connectivity index (χ1v) is 32.7. The van der Waals surface area contributed by atoms with Crippen molar-refractivity contribution in [1.29, 1.82) is 0 Å². The summed E-state index contributed by atoms with van der Waals surface area (Å²) in [6, 6.07) is 0. The lowest BCUT2D eigenvalue weighted by Crippen LogP contribution is -2.30. The summed E-state index contributed by atoms with van der Waals surface area (Å²) in [5, 5.41) is 0. The molecule has 0 aromatic carbocycles. The van der Waals surface area contributed by atoms with Gasteiger partial charge < -0.3 is 14.2 Å². The number of esters is 3. The van der Waals surface area contributed by atoms with E-state index in [1.54, 1.807) is 0 Å². The normalized spacial score (nSPS) is 12.7. The largest absolute Gasteiger partial charge is 0.462 e. The second-order valence-corrected chi connectivity index (χ2v) is 21.6. The Labute approximate surface area is 477 Å². The number of hydrogen-bond donors (Lipinski definition) is 0. The zero-order valence-corrected chi connectivity index (χ0v) is 50.7. The van der Waals surface area contributed by atoms with E-state index in [2.05, 4.69) is 118 Å². The molecule has 0 N–H and O–H groups in total. The number of unbranched alkanes of at least 4 members (excludes halogenated alkanes) is 32. The quantitative estimate of drug-likeness (QED) is 0.0261. The van der Waals surface area contributed by atoms with Gasteiger partial charge in [-0.1, -0.05) is 291 Å². The fraction of sp³-hybridized carbons (Fsp3) is 0.732. The Kier molecular flexibility index (Phi) is 61.8. The molecule has 0 amide bonds. The Bertz CT molecular complexity index is 1510. The van der Waals surface area contributed by atoms with Crippen molar-refractivity contribution in [3.63, 3.8) is 0 Å². The maximum atomic E-state index is 12.9. The highest BCUT2D eigenvalue weighted by molar-refractivity contribution is 5.71. The van der Waals surface area contributed by atoms with Gasteiger partial charge in [0.2, 0.25) is 0 Å². The summed E-state index contributed by atoms with van der Waals surface area (Å²) in [6.45, 7) is 6.50. The average Bonchev–Trinajstić information content (AvgIpc) is 3.43. The maximum Gasteiger partial charge on any atom is 0.306 e. The van der Waals surface area contributed by atoms with Crippen LogP contribution in [-0.4, -0.2) is 37.2 Å². The van der Waals surface area contributed by atoms with Crippen LogP contribution in [0.5, 0.6) is 0 Å². The fourth-order valence-electron chi connectivity index (χ4n) is 9.18. The summed E-state index contributed by atoms with van der Waals surface area (Å²) in [5.74, 6) is -0.912. The van der Waals surface area contributed by atoms with Crippen molar-refractivity contribution in [3.8, 4) is 0 Å². The molecule has 0 saturated carbocycles. The molecule has 77 heavy (non-hydrogen) atoms. The van der Waals surface area contributed by atoms with Gasteiger partial charge in [0.05, 0.1) is 0 Å². The van der Waals surface area contributed by atoms with Gasteiger partial charge in [-0.05, 0) is 103 Å². The van der Waals surface area contributed by atoms with Crippen molar-refractivity contribution in [3.05, 3.63) is 97.2 Å². The van der Waals surface area contributed by atoms with Crippen LogP contribution >= 0.6 is 0 Å². The molecular formula is C71H122O6. The lowest BCUT2D eigenvalue weighted by atomic mass is 10.0. The average molecular weight is 1070 g/mol. The lowest BCUT2D eigenvalue weighted by Gasteiger charge is -2.18. The number of rotatable bonds is 59. The molecule has 0 spiro atoms. The summed E-state index contributed by atoms with van der Waals surface area (Å²) in [6.07, 6.45) is 87.1. The minimum atomic E-state index is -0.794. The van der Waals surface area contributed by atoms with Gasteiger partial charge in [0.15, 0.2) is 6.10 Å². The second kappa shape index (κ2) is 64.9. The lowest BCUT2D eigenvalue weighted by molar-refractivity contribution is -0.167. The summed E-state index contributed by atoms with van der Waals surface area (Å²) < 4.78 is 16.9. The minimum Gasteiger partial charge on any atom is -0.462 e. The molecule has 6 heteroatoms. The highest BCUT2D eigenvalue weighted by Gasteiger charge is 2.19. The van der Waals surface area contributed by atoms with Crippen molar-refractivity contribution >= 4 is 17.9 Å². The summed E-state index contributed by atoms with van der Waals surface area (Å²) >= 11 is 0. The molecule has 0 aliphatic carbocycles. The van der Waals surface area contributed by atoms with Gasteiger partial charge in [0.25, 0.3) is 0 Å². The van der Waals surface area contributed by atoms with E-state index >= 15 is 0 Å². The third-order valence-electron chi connectivity index (χ3n) is 14.1. The van der Waals surface area contributed by atoms with Gasteiger partial charge in [-0.2, -0.15) is 0 Å². The molecule has 0 fully saturated rings. The van der Waals surface area contributed by atoms with Crippen LogP contribution < -0.4 is 0 Å². The fourth-order valence-corrected chi connectivity index (χ4v) is 9.18. The molecule has 0 aromatic heterocycles. The molecule has 0 saturated heterocycles. The standard InChI is InChI=1S/C71H122O6/c1-4-7-10-13-16-19-22-24-26-28-30-31-32-33-34-35-36-37-38-39-41-42-44-46-49-52-55-58-61-64-70(73)76-67-68(66-75-69(72)63-60-57-54-51-48-21-18-15-12-9-6-3)77-71(74)65-62-59-56-53-50-47-45-43-40-29-27-25-23-20-17-14-11-8-5-2/h8,11,17,20,22,24-25,27-28,30,32-33,40,43,47,50,68H,4-7,9-10,12-16,18-19,21,23,26,29,31,34-39,41-42,44-46,48-49,51-67H2,1-3H3/b11-8-,20-17-,24-22-,27-25-,30-28-,33-32-,43-40-,50-47-. The van der Waals surface area contributed by atoms with Crippen LogP contribution in [0.1, 0.15) is 316 Å². The second-order valence-electron chi connectivity index (χ2n) is 21.6. The first-order chi connectivity index (χ1) is 38.0.